The van der Waals surface area contributed by atoms with Crippen LogP contribution in [0.2, 0.25) is 0 Å². The average molecular weight is 225 g/mol. The molecular formula is C12H19NOS. The van der Waals surface area contributed by atoms with Gasteiger partial charge >= 0.3 is 0 Å². The van der Waals surface area contributed by atoms with E-state index < -0.39 is 0 Å². The van der Waals surface area contributed by atoms with Crippen molar-refractivity contribution in [2.75, 3.05) is 13.1 Å². The largest absolute Gasteiger partial charge is 0.285 e. The fourth-order valence-corrected chi connectivity index (χ4v) is 2.77. The quantitative estimate of drug-likeness (QED) is 0.530. The molecule has 0 radical (unpaired) electrons. The smallest absolute Gasteiger partial charge is 0.211 e. The molecule has 0 aliphatic carbocycles. The van der Waals surface area contributed by atoms with E-state index in [1.54, 1.807) is 6.08 Å². The lowest BCUT2D eigenvalue weighted by atomic mass is 9.96. The second-order valence-corrected chi connectivity index (χ2v) is 5.00. The third-order valence-corrected chi connectivity index (χ3v) is 3.82. The maximum atomic E-state index is 11.9. The van der Waals surface area contributed by atoms with E-state index in [0.717, 1.165) is 13.1 Å². The molecule has 84 valence electrons. The minimum Gasteiger partial charge on any atom is -0.285 e. The Labute approximate surface area is 96.5 Å². The summed E-state index contributed by atoms with van der Waals surface area (Å²) in [6.07, 6.45) is 5.96. The van der Waals surface area contributed by atoms with E-state index in [2.05, 4.69) is 17.5 Å². The van der Waals surface area contributed by atoms with Crippen LogP contribution < -0.4 is 0 Å². The van der Waals surface area contributed by atoms with E-state index in [9.17, 15) is 4.79 Å². The van der Waals surface area contributed by atoms with Crippen molar-refractivity contribution in [3.05, 3.63) is 25.3 Å². The minimum absolute atomic E-state index is 0.104. The van der Waals surface area contributed by atoms with Gasteiger partial charge in [-0.05, 0) is 30.7 Å². The molecule has 1 fully saturated rings. The van der Waals surface area contributed by atoms with Gasteiger partial charge in [-0.25, -0.2) is 4.31 Å². The van der Waals surface area contributed by atoms with Gasteiger partial charge in [-0.1, -0.05) is 19.1 Å². The van der Waals surface area contributed by atoms with Crippen LogP contribution in [0.5, 0.6) is 0 Å². The van der Waals surface area contributed by atoms with Gasteiger partial charge in [0.05, 0.1) is 5.92 Å². The maximum Gasteiger partial charge on any atom is 0.211 e. The summed E-state index contributed by atoms with van der Waals surface area (Å²) < 4.78 is 2.15. The molecular weight excluding hydrogens is 206 g/mol. The third-order valence-electron chi connectivity index (χ3n) is 2.75. The van der Waals surface area contributed by atoms with Crippen molar-refractivity contribution in [1.29, 1.82) is 0 Å². The Balaban J connectivity index is 2.48. The molecule has 0 N–H and O–H groups in total. The first-order chi connectivity index (χ1) is 7.19. The second kappa shape index (κ2) is 6.13. The lowest BCUT2D eigenvalue weighted by molar-refractivity contribution is -0.114. The van der Waals surface area contributed by atoms with E-state index in [1.165, 1.54) is 24.8 Å². The van der Waals surface area contributed by atoms with Crippen LogP contribution in [0.4, 0.5) is 0 Å². The van der Waals surface area contributed by atoms with Crippen molar-refractivity contribution in [1.82, 2.24) is 4.31 Å². The van der Waals surface area contributed by atoms with Crippen molar-refractivity contribution >= 4 is 17.1 Å². The van der Waals surface area contributed by atoms with Gasteiger partial charge in [0, 0.05) is 13.1 Å². The molecule has 0 spiro atoms. The molecule has 15 heavy (non-hydrogen) atoms. The Morgan fingerprint density at radius 2 is 1.93 bits per heavy atom. The Bertz CT molecular complexity index is 246. The molecule has 1 heterocycles. The predicted molar refractivity (Wildman–Crippen MR) is 66.5 cm³/mol. The summed E-state index contributed by atoms with van der Waals surface area (Å²) in [7, 11) is 0. The highest BCUT2D eigenvalue weighted by Crippen LogP contribution is 2.26. The number of carbonyl (C=O) groups excluding carboxylic acids is 1. The molecule has 3 heteroatoms. The zero-order valence-corrected chi connectivity index (χ0v) is 10.1. The zero-order chi connectivity index (χ0) is 11.3. The van der Waals surface area contributed by atoms with Crippen LogP contribution >= 0.6 is 11.9 Å². The average Bonchev–Trinajstić information content (AvgIpc) is 2.71. The molecule has 0 saturated carbocycles. The van der Waals surface area contributed by atoms with Crippen molar-refractivity contribution in [2.45, 2.75) is 19.8 Å². The number of carbonyl (C=O) groups is 1. The number of nitrogens with zero attached hydrogens (tertiary/aromatic N) is 1. The summed E-state index contributed by atoms with van der Waals surface area (Å²) in [5.41, 5.74) is 0. The molecule has 0 bridgehead atoms. The van der Waals surface area contributed by atoms with E-state index in [4.69, 9.17) is 0 Å². The van der Waals surface area contributed by atoms with Crippen LogP contribution in [0.1, 0.15) is 19.8 Å². The highest BCUT2D eigenvalue weighted by molar-refractivity contribution is 8.11. The van der Waals surface area contributed by atoms with Crippen molar-refractivity contribution < 1.29 is 4.79 Å². The van der Waals surface area contributed by atoms with Crippen LogP contribution in [-0.2, 0) is 4.79 Å². The third kappa shape index (κ3) is 3.50. The van der Waals surface area contributed by atoms with Gasteiger partial charge in [0.15, 0.2) is 0 Å². The summed E-state index contributed by atoms with van der Waals surface area (Å²) in [6, 6.07) is 0. The highest BCUT2D eigenvalue weighted by atomic mass is 32.2. The van der Waals surface area contributed by atoms with Gasteiger partial charge in [0.25, 0.3) is 0 Å². The van der Waals surface area contributed by atoms with E-state index in [0.29, 0.717) is 0 Å². The normalized spacial score (nSPS) is 20.9. The van der Waals surface area contributed by atoms with Crippen LogP contribution in [0.3, 0.4) is 0 Å². The van der Waals surface area contributed by atoms with Gasteiger partial charge in [0.2, 0.25) is 5.12 Å². The van der Waals surface area contributed by atoms with Crippen LogP contribution in [0.25, 0.3) is 0 Å². The Kier molecular flexibility index (Phi) is 5.12. The van der Waals surface area contributed by atoms with Crippen molar-refractivity contribution in [2.24, 2.45) is 11.8 Å². The zero-order valence-electron chi connectivity index (χ0n) is 9.32. The van der Waals surface area contributed by atoms with E-state index in [-0.39, 0.29) is 17.0 Å². The fourth-order valence-electron chi connectivity index (χ4n) is 1.64. The SMILES string of the molecule is C=CC(C)C(C=C)C(=O)SN1CCCC1. The second-order valence-electron chi connectivity index (χ2n) is 3.90. The molecule has 0 aromatic heterocycles. The molecule has 1 saturated heterocycles. The molecule has 2 nitrogen and oxygen atoms in total. The van der Waals surface area contributed by atoms with Gasteiger partial charge in [0.1, 0.15) is 0 Å². The summed E-state index contributed by atoms with van der Waals surface area (Å²) in [6.45, 7) is 11.5. The molecule has 1 aliphatic heterocycles. The lowest BCUT2D eigenvalue weighted by Crippen LogP contribution is -2.21. The summed E-state index contributed by atoms with van der Waals surface area (Å²) in [5.74, 6) is 0.0678. The Morgan fingerprint density at radius 3 is 2.40 bits per heavy atom. The monoisotopic (exact) mass is 225 g/mol. The standard InChI is InChI=1S/C12H19NOS/c1-4-10(3)11(5-2)12(14)15-13-8-6-7-9-13/h4-5,10-11H,1-2,6-9H2,3H3. The Morgan fingerprint density at radius 1 is 1.33 bits per heavy atom. The van der Waals surface area contributed by atoms with Crippen LogP contribution in [0.15, 0.2) is 25.3 Å². The van der Waals surface area contributed by atoms with Gasteiger partial charge < -0.3 is 0 Å². The van der Waals surface area contributed by atoms with Crippen LogP contribution in [0, 0.1) is 11.8 Å². The maximum absolute atomic E-state index is 11.9. The molecule has 1 rings (SSSR count). The fraction of sp³-hybridized carbons (Fsp3) is 0.583. The van der Waals surface area contributed by atoms with Crippen molar-refractivity contribution in [3.8, 4) is 0 Å². The van der Waals surface area contributed by atoms with Crippen LogP contribution in [-0.4, -0.2) is 22.5 Å². The number of allylic oxidation sites excluding steroid dienone is 2. The molecule has 0 amide bonds. The topological polar surface area (TPSA) is 20.3 Å². The first-order valence-electron chi connectivity index (χ1n) is 5.41. The molecule has 2 atom stereocenters. The number of rotatable bonds is 5. The van der Waals surface area contributed by atoms with Gasteiger partial charge in [-0.15, -0.1) is 13.2 Å². The molecule has 2 unspecified atom stereocenters. The number of hydrogen-bond donors (Lipinski definition) is 0. The summed E-state index contributed by atoms with van der Waals surface area (Å²) >= 11 is 1.36. The first kappa shape index (κ1) is 12.5. The molecule has 1 aliphatic rings. The minimum atomic E-state index is -0.104. The lowest BCUT2D eigenvalue weighted by Gasteiger charge is -2.19. The van der Waals surface area contributed by atoms with Gasteiger partial charge in [-0.2, -0.15) is 0 Å². The van der Waals surface area contributed by atoms with Crippen molar-refractivity contribution in [3.63, 3.8) is 0 Å². The predicted octanol–water partition coefficient (Wildman–Crippen LogP) is 2.88. The molecule has 0 aromatic carbocycles. The Hall–Kier alpha value is -0.540. The first-order valence-corrected chi connectivity index (χ1v) is 6.18. The summed E-state index contributed by atoms with van der Waals surface area (Å²) in [5, 5.41) is 0.194. The van der Waals surface area contributed by atoms with E-state index in [1.807, 2.05) is 13.0 Å². The van der Waals surface area contributed by atoms with Gasteiger partial charge in [-0.3, -0.25) is 4.79 Å². The summed E-state index contributed by atoms with van der Waals surface area (Å²) in [4.78, 5) is 11.9. The highest BCUT2D eigenvalue weighted by Gasteiger charge is 2.24. The van der Waals surface area contributed by atoms with E-state index >= 15 is 0 Å². The number of hydrogen-bond acceptors (Lipinski definition) is 3. The molecule has 0 aromatic rings.